The van der Waals surface area contributed by atoms with Crippen LogP contribution in [-0.2, 0) is 13.5 Å². The molecule has 0 aliphatic heterocycles. The number of rotatable bonds is 2. The highest BCUT2D eigenvalue weighted by Crippen LogP contribution is 2.12. The number of nitrogens with two attached hydrogens (primary N) is 1. The SMILES string of the molecule is Cc1cc(CCN)n(C)c1C. The molecule has 2 heteroatoms. The Morgan fingerprint density at radius 1 is 1.45 bits per heavy atom. The summed E-state index contributed by atoms with van der Waals surface area (Å²) in [7, 11) is 2.09. The lowest BCUT2D eigenvalue weighted by atomic mass is 10.2. The van der Waals surface area contributed by atoms with Gasteiger partial charge < -0.3 is 10.3 Å². The molecule has 0 saturated heterocycles. The van der Waals surface area contributed by atoms with Crippen LogP contribution < -0.4 is 5.73 Å². The van der Waals surface area contributed by atoms with E-state index in [1.54, 1.807) is 0 Å². The van der Waals surface area contributed by atoms with Gasteiger partial charge in [-0.2, -0.15) is 0 Å². The number of aromatic nitrogens is 1. The van der Waals surface area contributed by atoms with E-state index in [2.05, 4.69) is 31.5 Å². The third kappa shape index (κ3) is 1.46. The van der Waals surface area contributed by atoms with Crippen LogP contribution in [0, 0.1) is 13.8 Å². The molecular formula is C9H16N2. The lowest BCUT2D eigenvalue weighted by Gasteiger charge is -2.02. The van der Waals surface area contributed by atoms with Crippen molar-refractivity contribution in [3.05, 3.63) is 23.0 Å². The summed E-state index contributed by atoms with van der Waals surface area (Å²) in [6, 6.07) is 2.21. The predicted molar refractivity (Wildman–Crippen MR) is 47.6 cm³/mol. The fourth-order valence-electron chi connectivity index (χ4n) is 1.32. The Kier molecular flexibility index (Phi) is 2.35. The van der Waals surface area contributed by atoms with Crippen LogP contribution >= 0.6 is 0 Å². The summed E-state index contributed by atoms with van der Waals surface area (Å²) < 4.78 is 2.21. The summed E-state index contributed by atoms with van der Waals surface area (Å²) in [4.78, 5) is 0. The third-order valence-corrected chi connectivity index (χ3v) is 2.29. The van der Waals surface area contributed by atoms with Crippen molar-refractivity contribution in [3.8, 4) is 0 Å². The Morgan fingerprint density at radius 3 is 2.45 bits per heavy atom. The summed E-state index contributed by atoms with van der Waals surface area (Å²) in [5.74, 6) is 0. The van der Waals surface area contributed by atoms with Gasteiger partial charge in [0, 0.05) is 18.4 Å². The first-order valence-electron chi connectivity index (χ1n) is 3.98. The third-order valence-electron chi connectivity index (χ3n) is 2.29. The molecule has 1 heterocycles. The molecule has 1 aromatic heterocycles. The van der Waals surface area contributed by atoms with E-state index in [9.17, 15) is 0 Å². The zero-order valence-electron chi connectivity index (χ0n) is 7.52. The zero-order valence-corrected chi connectivity index (χ0v) is 7.52. The van der Waals surface area contributed by atoms with Gasteiger partial charge in [-0.05, 0) is 38.4 Å². The molecule has 0 spiro atoms. The van der Waals surface area contributed by atoms with Gasteiger partial charge in [0.2, 0.25) is 0 Å². The van der Waals surface area contributed by atoms with Gasteiger partial charge in [-0.1, -0.05) is 0 Å². The van der Waals surface area contributed by atoms with Gasteiger partial charge >= 0.3 is 0 Å². The van der Waals surface area contributed by atoms with E-state index in [-0.39, 0.29) is 0 Å². The Morgan fingerprint density at radius 2 is 2.09 bits per heavy atom. The van der Waals surface area contributed by atoms with Crippen molar-refractivity contribution < 1.29 is 0 Å². The van der Waals surface area contributed by atoms with Gasteiger partial charge in [-0.15, -0.1) is 0 Å². The quantitative estimate of drug-likeness (QED) is 0.677. The van der Waals surface area contributed by atoms with Crippen molar-refractivity contribution in [1.82, 2.24) is 4.57 Å². The van der Waals surface area contributed by atoms with E-state index >= 15 is 0 Å². The van der Waals surface area contributed by atoms with Crippen LogP contribution in [0.3, 0.4) is 0 Å². The highest BCUT2D eigenvalue weighted by Gasteiger charge is 2.03. The Labute approximate surface area is 68.0 Å². The normalized spacial score (nSPS) is 10.5. The Bertz CT molecular complexity index is 248. The molecule has 0 unspecified atom stereocenters. The molecule has 1 aromatic rings. The van der Waals surface area contributed by atoms with Gasteiger partial charge in [0.25, 0.3) is 0 Å². The van der Waals surface area contributed by atoms with Gasteiger partial charge in [0.15, 0.2) is 0 Å². The first-order valence-corrected chi connectivity index (χ1v) is 3.98. The molecule has 0 saturated carbocycles. The molecule has 0 bridgehead atoms. The first-order chi connectivity index (χ1) is 5.16. The van der Waals surface area contributed by atoms with Crippen molar-refractivity contribution in [2.75, 3.05) is 6.54 Å². The van der Waals surface area contributed by atoms with Gasteiger partial charge in [0.1, 0.15) is 0 Å². The molecule has 0 atom stereocenters. The summed E-state index contributed by atoms with van der Waals surface area (Å²) in [6.07, 6.45) is 0.977. The minimum Gasteiger partial charge on any atom is -0.352 e. The maximum absolute atomic E-state index is 5.48. The molecule has 0 aliphatic rings. The van der Waals surface area contributed by atoms with Crippen LogP contribution in [0.1, 0.15) is 17.0 Å². The molecular weight excluding hydrogens is 136 g/mol. The van der Waals surface area contributed by atoms with E-state index < -0.39 is 0 Å². The van der Waals surface area contributed by atoms with Crippen LogP contribution in [-0.4, -0.2) is 11.1 Å². The highest BCUT2D eigenvalue weighted by molar-refractivity contribution is 5.25. The number of aryl methyl sites for hydroxylation is 1. The van der Waals surface area contributed by atoms with Crippen molar-refractivity contribution in [2.24, 2.45) is 12.8 Å². The van der Waals surface area contributed by atoms with Gasteiger partial charge in [-0.3, -0.25) is 0 Å². The lowest BCUT2D eigenvalue weighted by Crippen LogP contribution is -2.06. The second-order valence-electron chi connectivity index (χ2n) is 3.00. The molecule has 2 N–H and O–H groups in total. The molecule has 62 valence electrons. The second-order valence-corrected chi connectivity index (χ2v) is 3.00. The number of nitrogens with zero attached hydrogens (tertiary/aromatic N) is 1. The second kappa shape index (κ2) is 3.09. The minimum absolute atomic E-state index is 0.733. The van der Waals surface area contributed by atoms with Crippen molar-refractivity contribution in [1.29, 1.82) is 0 Å². The fraction of sp³-hybridized carbons (Fsp3) is 0.556. The van der Waals surface area contributed by atoms with Crippen LogP contribution in [0.15, 0.2) is 6.07 Å². The van der Waals surface area contributed by atoms with Crippen molar-refractivity contribution >= 4 is 0 Å². The molecule has 0 fully saturated rings. The van der Waals surface area contributed by atoms with Gasteiger partial charge in [-0.25, -0.2) is 0 Å². The molecule has 2 nitrogen and oxygen atoms in total. The van der Waals surface area contributed by atoms with E-state index in [1.807, 2.05) is 0 Å². The molecule has 1 rings (SSSR count). The summed E-state index contributed by atoms with van der Waals surface area (Å²) in [5, 5.41) is 0. The van der Waals surface area contributed by atoms with Crippen LogP contribution in [0.4, 0.5) is 0 Å². The van der Waals surface area contributed by atoms with E-state index in [1.165, 1.54) is 17.0 Å². The molecule has 0 aliphatic carbocycles. The summed E-state index contributed by atoms with van der Waals surface area (Å²) in [5.41, 5.74) is 9.51. The fourth-order valence-corrected chi connectivity index (χ4v) is 1.32. The van der Waals surface area contributed by atoms with E-state index in [0.717, 1.165) is 13.0 Å². The Balaban J connectivity index is 2.98. The smallest absolute Gasteiger partial charge is 0.0189 e. The largest absolute Gasteiger partial charge is 0.352 e. The van der Waals surface area contributed by atoms with Crippen molar-refractivity contribution in [2.45, 2.75) is 20.3 Å². The molecule has 0 aromatic carbocycles. The van der Waals surface area contributed by atoms with Crippen LogP contribution in [0.2, 0.25) is 0 Å². The number of hydrogen-bond acceptors (Lipinski definition) is 1. The maximum atomic E-state index is 5.48. The molecule has 0 amide bonds. The standard InChI is InChI=1S/C9H16N2/c1-7-6-9(4-5-10)11(3)8(7)2/h6H,4-5,10H2,1-3H3. The topological polar surface area (TPSA) is 30.9 Å². The summed E-state index contributed by atoms with van der Waals surface area (Å²) in [6.45, 7) is 5.00. The van der Waals surface area contributed by atoms with Crippen LogP contribution in [0.25, 0.3) is 0 Å². The molecule has 11 heavy (non-hydrogen) atoms. The predicted octanol–water partition coefficient (Wildman–Crippen LogP) is 1.14. The zero-order chi connectivity index (χ0) is 8.43. The minimum atomic E-state index is 0.733. The number of hydrogen-bond donors (Lipinski definition) is 1. The van der Waals surface area contributed by atoms with Gasteiger partial charge in [0.05, 0.1) is 0 Å². The Hall–Kier alpha value is -0.760. The lowest BCUT2D eigenvalue weighted by molar-refractivity contribution is 0.783. The monoisotopic (exact) mass is 152 g/mol. The average Bonchev–Trinajstić information content (AvgIpc) is 2.19. The van der Waals surface area contributed by atoms with Crippen molar-refractivity contribution in [3.63, 3.8) is 0 Å². The van der Waals surface area contributed by atoms with E-state index in [0.29, 0.717) is 0 Å². The summed E-state index contributed by atoms with van der Waals surface area (Å²) >= 11 is 0. The highest BCUT2D eigenvalue weighted by atomic mass is 15.0. The average molecular weight is 152 g/mol. The molecule has 0 radical (unpaired) electrons. The first kappa shape index (κ1) is 8.34. The van der Waals surface area contributed by atoms with Crippen LogP contribution in [0.5, 0.6) is 0 Å². The maximum Gasteiger partial charge on any atom is 0.0189 e. The van der Waals surface area contributed by atoms with E-state index in [4.69, 9.17) is 5.73 Å².